The molecule has 1 saturated heterocycles. The molecule has 0 unspecified atom stereocenters. The monoisotopic (exact) mass is 353 g/mol. The van der Waals surface area contributed by atoms with Gasteiger partial charge in [-0.05, 0) is 43.3 Å². The van der Waals surface area contributed by atoms with E-state index in [-0.39, 0.29) is 11.8 Å². The van der Waals surface area contributed by atoms with Crippen LogP contribution in [0.5, 0.6) is 0 Å². The van der Waals surface area contributed by atoms with E-state index in [1.165, 1.54) is 0 Å². The Morgan fingerprint density at radius 3 is 2.84 bits per heavy atom. The summed E-state index contributed by atoms with van der Waals surface area (Å²) in [4.78, 5) is 15.6. The standard InChI is InChI=1S/C19H19N3O2S/c1-13-6-8-14(9-7-13)19(23)22-10-2-4-15(12-22)17-20-21-18(24-17)16-5-3-11-25-16/h3,5-9,11,15H,2,4,10,12H2,1H3/t15-/m0/s1. The molecular formula is C19H19N3O2S. The van der Waals surface area contributed by atoms with E-state index in [4.69, 9.17) is 4.42 Å². The minimum absolute atomic E-state index is 0.0719. The summed E-state index contributed by atoms with van der Waals surface area (Å²) in [5, 5.41) is 10.4. The first-order chi connectivity index (χ1) is 12.2. The fourth-order valence-corrected chi connectivity index (χ4v) is 3.79. The zero-order valence-electron chi connectivity index (χ0n) is 14.0. The summed E-state index contributed by atoms with van der Waals surface area (Å²) in [5.74, 6) is 1.36. The van der Waals surface area contributed by atoms with Crippen LogP contribution in [0.2, 0.25) is 0 Å². The van der Waals surface area contributed by atoms with Crippen molar-refractivity contribution in [1.82, 2.24) is 15.1 Å². The van der Waals surface area contributed by atoms with Crippen molar-refractivity contribution in [3.8, 4) is 10.8 Å². The molecule has 1 aromatic carbocycles. The maximum atomic E-state index is 12.7. The van der Waals surface area contributed by atoms with Crippen molar-refractivity contribution in [3.63, 3.8) is 0 Å². The van der Waals surface area contributed by atoms with E-state index in [1.807, 2.05) is 53.6 Å². The summed E-state index contributed by atoms with van der Waals surface area (Å²) >= 11 is 1.58. The number of carbonyl (C=O) groups is 1. The lowest BCUT2D eigenvalue weighted by Crippen LogP contribution is -2.39. The molecule has 4 rings (SSSR count). The number of aromatic nitrogens is 2. The molecule has 5 nitrogen and oxygen atoms in total. The first kappa shape index (κ1) is 16.0. The molecule has 3 heterocycles. The Balaban J connectivity index is 1.49. The molecule has 3 aromatic rings. The van der Waals surface area contributed by atoms with E-state index in [1.54, 1.807) is 11.3 Å². The van der Waals surface area contributed by atoms with E-state index in [0.717, 1.165) is 35.4 Å². The lowest BCUT2D eigenvalue weighted by molar-refractivity contribution is 0.0698. The zero-order chi connectivity index (χ0) is 17.2. The van der Waals surface area contributed by atoms with E-state index >= 15 is 0 Å². The van der Waals surface area contributed by atoms with Gasteiger partial charge in [0.1, 0.15) is 0 Å². The number of carbonyl (C=O) groups excluding carboxylic acids is 1. The predicted molar refractivity (Wildman–Crippen MR) is 96.7 cm³/mol. The van der Waals surface area contributed by atoms with E-state index in [2.05, 4.69) is 10.2 Å². The van der Waals surface area contributed by atoms with Gasteiger partial charge in [-0.15, -0.1) is 21.5 Å². The number of thiophene rings is 1. The molecule has 0 N–H and O–H groups in total. The Morgan fingerprint density at radius 1 is 1.24 bits per heavy atom. The van der Waals surface area contributed by atoms with Crippen LogP contribution >= 0.6 is 11.3 Å². The molecule has 0 spiro atoms. The van der Waals surface area contributed by atoms with Crippen molar-refractivity contribution < 1.29 is 9.21 Å². The number of amides is 1. The number of nitrogens with zero attached hydrogens (tertiary/aromatic N) is 3. The maximum absolute atomic E-state index is 12.7. The summed E-state index contributed by atoms with van der Waals surface area (Å²) in [7, 11) is 0. The van der Waals surface area contributed by atoms with Crippen molar-refractivity contribution in [3.05, 3.63) is 58.8 Å². The third-order valence-electron chi connectivity index (χ3n) is 4.53. The molecule has 1 aliphatic heterocycles. The Bertz CT molecular complexity index is 855. The van der Waals surface area contributed by atoms with Gasteiger partial charge in [0.2, 0.25) is 5.89 Å². The third kappa shape index (κ3) is 3.35. The molecule has 2 aromatic heterocycles. The highest BCUT2D eigenvalue weighted by molar-refractivity contribution is 7.13. The van der Waals surface area contributed by atoms with E-state index in [9.17, 15) is 4.79 Å². The summed E-state index contributed by atoms with van der Waals surface area (Å²) in [6, 6.07) is 11.7. The van der Waals surface area contributed by atoms with Gasteiger partial charge in [-0.3, -0.25) is 4.79 Å². The second-order valence-corrected chi connectivity index (χ2v) is 7.33. The van der Waals surface area contributed by atoms with Gasteiger partial charge in [0, 0.05) is 18.7 Å². The average molecular weight is 353 g/mol. The van der Waals surface area contributed by atoms with Crippen molar-refractivity contribution >= 4 is 17.2 Å². The van der Waals surface area contributed by atoms with Crippen LogP contribution in [0.15, 0.2) is 46.2 Å². The first-order valence-corrected chi connectivity index (χ1v) is 9.32. The number of aryl methyl sites for hydroxylation is 1. The van der Waals surface area contributed by atoms with E-state index in [0.29, 0.717) is 18.3 Å². The molecule has 1 amide bonds. The molecule has 25 heavy (non-hydrogen) atoms. The van der Waals surface area contributed by atoms with Crippen LogP contribution in [0, 0.1) is 6.92 Å². The van der Waals surface area contributed by atoms with Gasteiger partial charge < -0.3 is 9.32 Å². The number of likely N-dealkylation sites (tertiary alicyclic amines) is 1. The zero-order valence-corrected chi connectivity index (χ0v) is 14.8. The van der Waals surface area contributed by atoms with Crippen LogP contribution in [-0.4, -0.2) is 34.1 Å². The number of hydrogen-bond acceptors (Lipinski definition) is 5. The maximum Gasteiger partial charge on any atom is 0.257 e. The van der Waals surface area contributed by atoms with Gasteiger partial charge in [0.05, 0.1) is 10.8 Å². The van der Waals surface area contributed by atoms with Crippen LogP contribution in [0.1, 0.15) is 40.6 Å². The summed E-state index contributed by atoms with van der Waals surface area (Å²) < 4.78 is 5.87. The molecule has 0 radical (unpaired) electrons. The molecule has 0 bridgehead atoms. The third-order valence-corrected chi connectivity index (χ3v) is 5.39. The molecule has 6 heteroatoms. The molecule has 1 atom stereocenters. The van der Waals surface area contributed by atoms with Crippen molar-refractivity contribution in [2.24, 2.45) is 0 Å². The largest absolute Gasteiger partial charge is 0.420 e. The summed E-state index contributed by atoms with van der Waals surface area (Å²) in [6.45, 7) is 3.42. The van der Waals surface area contributed by atoms with Crippen LogP contribution in [0.4, 0.5) is 0 Å². The molecule has 0 saturated carbocycles. The smallest absolute Gasteiger partial charge is 0.257 e. The van der Waals surface area contributed by atoms with E-state index < -0.39 is 0 Å². The van der Waals surface area contributed by atoms with Crippen LogP contribution < -0.4 is 0 Å². The second kappa shape index (κ2) is 6.80. The van der Waals surface area contributed by atoms with Gasteiger partial charge in [-0.1, -0.05) is 23.8 Å². The van der Waals surface area contributed by atoms with Crippen molar-refractivity contribution in [2.75, 3.05) is 13.1 Å². The topological polar surface area (TPSA) is 59.2 Å². The Kier molecular flexibility index (Phi) is 4.36. The SMILES string of the molecule is Cc1ccc(C(=O)N2CCC[C@H](c3nnc(-c4cccs4)o3)C2)cc1. The Hall–Kier alpha value is -2.47. The number of benzene rings is 1. The Morgan fingerprint density at radius 2 is 2.08 bits per heavy atom. The van der Waals surface area contributed by atoms with Gasteiger partial charge in [-0.25, -0.2) is 0 Å². The Labute approximate surface area is 150 Å². The highest BCUT2D eigenvalue weighted by Gasteiger charge is 2.29. The molecule has 1 aliphatic rings. The van der Waals surface area contributed by atoms with Gasteiger partial charge in [-0.2, -0.15) is 0 Å². The predicted octanol–water partition coefficient (Wildman–Crippen LogP) is 4.13. The van der Waals surface area contributed by atoms with Crippen molar-refractivity contribution in [2.45, 2.75) is 25.7 Å². The summed E-state index contributed by atoms with van der Waals surface area (Å²) in [6.07, 6.45) is 1.91. The van der Waals surface area contributed by atoms with Gasteiger partial charge in [0.25, 0.3) is 11.8 Å². The van der Waals surface area contributed by atoms with Gasteiger partial charge in [0.15, 0.2) is 0 Å². The molecule has 128 valence electrons. The van der Waals surface area contributed by atoms with Crippen LogP contribution in [-0.2, 0) is 0 Å². The van der Waals surface area contributed by atoms with Crippen LogP contribution in [0.3, 0.4) is 0 Å². The van der Waals surface area contributed by atoms with Gasteiger partial charge >= 0.3 is 0 Å². The normalized spacial score (nSPS) is 17.6. The molecule has 0 aliphatic carbocycles. The number of rotatable bonds is 3. The highest BCUT2D eigenvalue weighted by atomic mass is 32.1. The minimum Gasteiger partial charge on any atom is -0.420 e. The highest BCUT2D eigenvalue weighted by Crippen LogP contribution is 2.30. The lowest BCUT2D eigenvalue weighted by Gasteiger charge is -2.31. The molecular weight excluding hydrogens is 334 g/mol. The number of hydrogen-bond donors (Lipinski definition) is 0. The summed E-state index contributed by atoms with van der Waals surface area (Å²) in [5.41, 5.74) is 1.89. The minimum atomic E-state index is 0.0719. The fourth-order valence-electron chi connectivity index (χ4n) is 3.14. The first-order valence-electron chi connectivity index (χ1n) is 8.44. The van der Waals surface area contributed by atoms with Crippen molar-refractivity contribution in [1.29, 1.82) is 0 Å². The number of piperidine rings is 1. The molecule has 1 fully saturated rings. The van der Waals surface area contributed by atoms with Crippen LogP contribution in [0.25, 0.3) is 10.8 Å². The quantitative estimate of drug-likeness (QED) is 0.710. The fraction of sp³-hybridized carbons (Fsp3) is 0.316. The second-order valence-electron chi connectivity index (χ2n) is 6.38. The lowest BCUT2D eigenvalue weighted by atomic mass is 9.97. The average Bonchev–Trinajstić information content (AvgIpc) is 3.33.